The SMILES string of the molecule is CCC(O[Si](C)(C)C(C)(C)C)C(C)C=O. The topological polar surface area (TPSA) is 26.3 Å². The first-order chi connectivity index (χ1) is 6.65. The van der Waals surface area contributed by atoms with Crippen LogP contribution in [0.4, 0.5) is 0 Å². The van der Waals surface area contributed by atoms with Crippen LogP contribution in [0.15, 0.2) is 0 Å². The summed E-state index contributed by atoms with van der Waals surface area (Å²) in [5.74, 6) is 0.00382. The molecule has 2 unspecified atom stereocenters. The van der Waals surface area contributed by atoms with Crippen LogP contribution in [0.2, 0.25) is 18.1 Å². The van der Waals surface area contributed by atoms with E-state index in [0.717, 1.165) is 12.7 Å². The van der Waals surface area contributed by atoms with Gasteiger partial charge in [-0.3, -0.25) is 0 Å². The van der Waals surface area contributed by atoms with Gasteiger partial charge in [-0.15, -0.1) is 0 Å². The van der Waals surface area contributed by atoms with Gasteiger partial charge in [0.15, 0.2) is 8.32 Å². The molecule has 0 fully saturated rings. The third-order valence-electron chi connectivity index (χ3n) is 3.46. The lowest BCUT2D eigenvalue weighted by molar-refractivity contribution is -0.113. The molecule has 0 aromatic carbocycles. The fourth-order valence-electron chi connectivity index (χ4n) is 1.21. The van der Waals surface area contributed by atoms with E-state index in [1.54, 1.807) is 0 Å². The van der Waals surface area contributed by atoms with Crippen LogP contribution in [0.25, 0.3) is 0 Å². The summed E-state index contributed by atoms with van der Waals surface area (Å²) in [5, 5.41) is 0.211. The van der Waals surface area contributed by atoms with Crippen LogP contribution < -0.4 is 0 Å². The van der Waals surface area contributed by atoms with Crippen molar-refractivity contribution >= 4 is 14.6 Å². The maximum absolute atomic E-state index is 10.8. The van der Waals surface area contributed by atoms with Crippen molar-refractivity contribution in [2.45, 2.75) is 65.3 Å². The first kappa shape index (κ1) is 14.8. The summed E-state index contributed by atoms with van der Waals surface area (Å²) in [6.45, 7) is 15.1. The van der Waals surface area contributed by atoms with Crippen LogP contribution in [-0.2, 0) is 9.22 Å². The Bertz CT molecular complexity index is 206. The summed E-state index contributed by atoms with van der Waals surface area (Å²) < 4.78 is 6.21. The van der Waals surface area contributed by atoms with Gasteiger partial charge < -0.3 is 9.22 Å². The number of aldehydes is 1. The van der Waals surface area contributed by atoms with Crippen LogP contribution >= 0.6 is 0 Å². The van der Waals surface area contributed by atoms with Gasteiger partial charge in [0.1, 0.15) is 6.29 Å². The van der Waals surface area contributed by atoms with Crippen molar-refractivity contribution in [3.8, 4) is 0 Å². The lowest BCUT2D eigenvalue weighted by Crippen LogP contribution is -2.45. The van der Waals surface area contributed by atoms with E-state index >= 15 is 0 Å². The summed E-state index contributed by atoms with van der Waals surface area (Å²) >= 11 is 0. The Morgan fingerprint density at radius 2 is 1.80 bits per heavy atom. The van der Waals surface area contributed by atoms with Gasteiger partial charge in [-0.05, 0) is 24.6 Å². The zero-order valence-corrected chi connectivity index (χ0v) is 12.3. The fraction of sp³-hybridized carbons (Fsp3) is 0.917. The Labute approximate surface area is 95.5 Å². The highest BCUT2D eigenvalue weighted by Gasteiger charge is 2.39. The van der Waals surface area contributed by atoms with Crippen molar-refractivity contribution in [2.24, 2.45) is 5.92 Å². The smallest absolute Gasteiger partial charge is 0.192 e. The molecule has 0 amide bonds. The lowest BCUT2D eigenvalue weighted by Gasteiger charge is -2.40. The molecule has 0 saturated carbocycles. The highest BCUT2D eigenvalue weighted by Crippen LogP contribution is 2.38. The second-order valence-corrected chi connectivity index (χ2v) is 10.6. The molecule has 0 aromatic heterocycles. The van der Waals surface area contributed by atoms with E-state index in [9.17, 15) is 4.79 Å². The summed E-state index contributed by atoms with van der Waals surface area (Å²) in [6.07, 6.45) is 2.00. The minimum Gasteiger partial charge on any atom is -0.413 e. The number of hydrogen-bond acceptors (Lipinski definition) is 2. The summed E-state index contributed by atoms with van der Waals surface area (Å²) in [4.78, 5) is 10.8. The van der Waals surface area contributed by atoms with Crippen molar-refractivity contribution in [1.29, 1.82) is 0 Å². The Morgan fingerprint density at radius 1 is 1.33 bits per heavy atom. The molecule has 0 aromatic rings. The normalized spacial score (nSPS) is 17.3. The monoisotopic (exact) mass is 230 g/mol. The van der Waals surface area contributed by atoms with Crippen LogP contribution in [0, 0.1) is 5.92 Å². The summed E-state index contributed by atoms with van der Waals surface area (Å²) in [5.41, 5.74) is 0. The molecule has 90 valence electrons. The maximum atomic E-state index is 10.8. The predicted molar refractivity (Wildman–Crippen MR) is 67.6 cm³/mol. The van der Waals surface area contributed by atoms with Gasteiger partial charge in [0.2, 0.25) is 0 Å². The third-order valence-corrected chi connectivity index (χ3v) is 7.96. The first-order valence-electron chi connectivity index (χ1n) is 5.78. The van der Waals surface area contributed by atoms with Gasteiger partial charge in [-0.2, -0.15) is 0 Å². The standard InChI is InChI=1S/C12H26O2Si/c1-8-11(10(2)9-13)14-15(6,7)12(3,4)5/h9-11H,8H2,1-7H3. The fourth-order valence-corrected chi connectivity index (χ4v) is 2.70. The zero-order chi connectivity index (χ0) is 12.3. The highest BCUT2D eigenvalue weighted by molar-refractivity contribution is 6.74. The van der Waals surface area contributed by atoms with Gasteiger partial charge in [0.25, 0.3) is 0 Å². The van der Waals surface area contributed by atoms with Crippen molar-refractivity contribution in [3.05, 3.63) is 0 Å². The molecule has 0 aliphatic heterocycles. The van der Waals surface area contributed by atoms with E-state index in [2.05, 4.69) is 40.8 Å². The van der Waals surface area contributed by atoms with Gasteiger partial charge in [0.05, 0.1) is 6.10 Å². The molecule has 15 heavy (non-hydrogen) atoms. The largest absolute Gasteiger partial charge is 0.413 e. The minimum absolute atomic E-state index is 0.00382. The summed E-state index contributed by atoms with van der Waals surface area (Å²) in [6, 6.07) is 0. The average Bonchev–Trinajstić information content (AvgIpc) is 2.11. The van der Waals surface area contributed by atoms with E-state index in [-0.39, 0.29) is 17.1 Å². The third kappa shape index (κ3) is 4.07. The Morgan fingerprint density at radius 3 is 2.07 bits per heavy atom. The number of hydrogen-bond donors (Lipinski definition) is 0. The highest BCUT2D eigenvalue weighted by atomic mass is 28.4. The molecular weight excluding hydrogens is 204 g/mol. The molecule has 2 nitrogen and oxygen atoms in total. The molecule has 3 heteroatoms. The second kappa shape index (κ2) is 5.26. The number of carbonyl (C=O) groups is 1. The predicted octanol–water partition coefficient (Wildman–Crippen LogP) is 3.62. The van der Waals surface area contributed by atoms with Crippen LogP contribution in [0.5, 0.6) is 0 Å². The molecule has 2 atom stereocenters. The average molecular weight is 230 g/mol. The maximum Gasteiger partial charge on any atom is 0.192 e. The van der Waals surface area contributed by atoms with E-state index in [1.165, 1.54) is 0 Å². The Hall–Kier alpha value is -0.153. The second-order valence-electron chi connectivity index (χ2n) is 5.82. The van der Waals surface area contributed by atoms with Crippen LogP contribution in [-0.4, -0.2) is 20.7 Å². The van der Waals surface area contributed by atoms with E-state index < -0.39 is 8.32 Å². The van der Waals surface area contributed by atoms with Crippen LogP contribution in [0.1, 0.15) is 41.0 Å². The molecule has 0 saturated heterocycles. The van der Waals surface area contributed by atoms with Gasteiger partial charge in [-0.1, -0.05) is 34.6 Å². The lowest BCUT2D eigenvalue weighted by atomic mass is 10.1. The number of carbonyl (C=O) groups excluding carboxylic acids is 1. The van der Waals surface area contributed by atoms with Crippen LogP contribution in [0.3, 0.4) is 0 Å². The van der Waals surface area contributed by atoms with E-state index in [0.29, 0.717) is 0 Å². The molecule has 0 bridgehead atoms. The Kier molecular flexibility index (Phi) is 5.20. The van der Waals surface area contributed by atoms with Crippen molar-refractivity contribution in [2.75, 3.05) is 0 Å². The first-order valence-corrected chi connectivity index (χ1v) is 8.69. The minimum atomic E-state index is -1.73. The van der Waals surface area contributed by atoms with Gasteiger partial charge >= 0.3 is 0 Å². The quantitative estimate of drug-likeness (QED) is 0.532. The molecule has 0 spiro atoms. The zero-order valence-electron chi connectivity index (χ0n) is 11.3. The molecule has 0 aliphatic rings. The Balaban J connectivity index is 4.61. The molecule has 0 heterocycles. The van der Waals surface area contributed by atoms with Gasteiger partial charge in [-0.25, -0.2) is 0 Å². The van der Waals surface area contributed by atoms with E-state index in [4.69, 9.17) is 4.43 Å². The summed E-state index contributed by atoms with van der Waals surface area (Å²) in [7, 11) is -1.73. The van der Waals surface area contributed by atoms with E-state index in [1.807, 2.05) is 6.92 Å². The molecule has 0 rings (SSSR count). The van der Waals surface area contributed by atoms with Crippen molar-refractivity contribution < 1.29 is 9.22 Å². The number of rotatable bonds is 5. The van der Waals surface area contributed by atoms with Crippen molar-refractivity contribution in [3.63, 3.8) is 0 Å². The van der Waals surface area contributed by atoms with Crippen molar-refractivity contribution in [1.82, 2.24) is 0 Å². The molecular formula is C12H26O2Si. The molecule has 0 N–H and O–H groups in total. The molecule has 0 aliphatic carbocycles. The van der Waals surface area contributed by atoms with Gasteiger partial charge in [0, 0.05) is 5.92 Å². The molecule has 0 radical (unpaired) electrons.